The molecular weight excluding hydrogens is 384 g/mol. The van der Waals surface area contributed by atoms with E-state index in [9.17, 15) is 9.59 Å². The fourth-order valence-electron chi connectivity index (χ4n) is 3.54. The molecule has 0 aromatic heterocycles. The van der Waals surface area contributed by atoms with E-state index in [0.717, 1.165) is 10.4 Å². The van der Waals surface area contributed by atoms with E-state index in [1.807, 2.05) is 60.7 Å². The minimum Gasteiger partial charge on any atom is -0.466 e. The minimum absolute atomic E-state index is 0.447. The van der Waals surface area contributed by atoms with Gasteiger partial charge in [0.2, 0.25) is 0 Å². The number of carbonyl (C=O) groups is 2. The van der Waals surface area contributed by atoms with Crippen LogP contribution in [0, 0.1) is 0 Å². The van der Waals surface area contributed by atoms with Crippen LogP contribution in [0.15, 0.2) is 71.1 Å². The Balaban J connectivity index is 2.88. The molecule has 28 heavy (non-hydrogen) atoms. The molecule has 0 heterocycles. The lowest BCUT2D eigenvalue weighted by molar-refractivity contribution is -0.138. The van der Waals surface area contributed by atoms with Gasteiger partial charge in [-0.15, -0.1) is 0 Å². The molecule has 0 unspecified atom stereocenters. The van der Waals surface area contributed by atoms with Crippen LogP contribution >= 0.6 is 0 Å². The summed E-state index contributed by atoms with van der Waals surface area (Å²) in [4.78, 5) is 26.1. The zero-order valence-electron chi connectivity index (χ0n) is 17.4. The van der Waals surface area contributed by atoms with E-state index in [4.69, 9.17) is 9.47 Å². The van der Waals surface area contributed by atoms with Crippen molar-refractivity contribution in [2.24, 2.45) is 0 Å². The number of esters is 2. The van der Waals surface area contributed by atoms with Gasteiger partial charge in [0.15, 0.2) is 0 Å². The molecule has 0 radical (unpaired) electrons. The summed E-state index contributed by atoms with van der Waals surface area (Å²) in [5, 5.41) is 3.12. The first-order chi connectivity index (χ1) is 13.2. The maximum absolute atomic E-state index is 13.0. The highest BCUT2D eigenvalue weighted by molar-refractivity contribution is 7.05. The normalized spacial score (nSPS) is 12.8. The van der Waals surface area contributed by atoms with E-state index in [-0.39, 0.29) is 0 Å². The third kappa shape index (κ3) is 4.18. The topological polar surface area (TPSA) is 52.6 Å². The first-order valence-corrected chi connectivity index (χ1v) is 15.2. The lowest BCUT2D eigenvalue weighted by atomic mass is 10.4. The second-order valence-electron chi connectivity index (χ2n) is 7.72. The van der Waals surface area contributed by atoms with Crippen molar-refractivity contribution in [1.82, 2.24) is 0 Å². The number of ether oxygens (including phenoxy) is 2. The lowest BCUT2D eigenvalue weighted by Crippen LogP contribution is -2.54. The summed E-state index contributed by atoms with van der Waals surface area (Å²) in [7, 11) is -2.35. The Bertz CT molecular complexity index is 798. The molecule has 0 aliphatic carbocycles. The van der Waals surface area contributed by atoms with E-state index in [1.54, 1.807) is 0 Å². The largest absolute Gasteiger partial charge is 0.466 e. The van der Waals surface area contributed by atoms with Crippen molar-refractivity contribution in [2.45, 2.75) is 26.2 Å². The van der Waals surface area contributed by atoms with Crippen LogP contribution in [0.1, 0.15) is 0 Å². The molecule has 0 saturated carbocycles. The van der Waals surface area contributed by atoms with Crippen molar-refractivity contribution in [3.8, 4) is 0 Å². The van der Waals surface area contributed by atoms with Crippen LogP contribution in [0.25, 0.3) is 0 Å². The Morgan fingerprint density at radius 1 is 0.607 bits per heavy atom. The summed E-state index contributed by atoms with van der Waals surface area (Å²) in [5.41, 5.74) is 0. The maximum Gasteiger partial charge on any atom is 0.330 e. The Morgan fingerprint density at radius 3 is 1.14 bits per heavy atom. The fraction of sp³-hybridized carbons (Fsp3) is 0.273. The average Bonchev–Trinajstić information content (AvgIpc) is 2.71. The molecule has 6 heteroatoms. The average molecular weight is 413 g/mol. The van der Waals surface area contributed by atoms with Gasteiger partial charge in [0.05, 0.1) is 14.2 Å². The van der Waals surface area contributed by atoms with Gasteiger partial charge in [0, 0.05) is 10.4 Å². The molecule has 2 aromatic carbocycles. The number of carbonyl (C=O) groups excluding carboxylic acids is 2. The van der Waals surface area contributed by atoms with Crippen LogP contribution in [0.2, 0.25) is 26.2 Å². The first kappa shape index (κ1) is 21.8. The van der Waals surface area contributed by atoms with Crippen LogP contribution in [0.3, 0.4) is 0 Å². The zero-order valence-corrected chi connectivity index (χ0v) is 19.4. The highest BCUT2D eigenvalue weighted by atomic mass is 28.3. The predicted octanol–water partition coefficient (Wildman–Crippen LogP) is 2.94. The van der Waals surface area contributed by atoms with E-state index in [0.29, 0.717) is 10.4 Å². The maximum atomic E-state index is 13.0. The van der Waals surface area contributed by atoms with Crippen molar-refractivity contribution >= 4 is 38.5 Å². The summed E-state index contributed by atoms with van der Waals surface area (Å²) >= 11 is 0. The van der Waals surface area contributed by atoms with Gasteiger partial charge in [-0.05, 0) is 0 Å². The van der Waals surface area contributed by atoms with E-state index in [2.05, 4.69) is 26.2 Å². The third-order valence-electron chi connectivity index (χ3n) is 5.27. The molecule has 0 amide bonds. The summed E-state index contributed by atoms with van der Waals surface area (Å²) in [5.74, 6) is -0.894. The van der Waals surface area contributed by atoms with Crippen molar-refractivity contribution < 1.29 is 19.1 Å². The molecule has 0 saturated heterocycles. The summed E-state index contributed by atoms with van der Waals surface area (Å²) in [6.45, 7) is 8.31. The standard InChI is InChI=1S/C22H28O4Si2/c1-25-21(23)19(27(3,4)17-13-9-7-10-14-17)20(22(24)26-2)28(5,6)18-15-11-8-12-16-18/h7-16H,1-6H3/b20-19-. The highest BCUT2D eigenvalue weighted by Gasteiger charge is 2.45. The Morgan fingerprint density at radius 2 is 0.893 bits per heavy atom. The number of methoxy groups -OCH3 is 2. The molecule has 148 valence electrons. The van der Waals surface area contributed by atoms with Gasteiger partial charge in [-0.25, -0.2) is 9.59 Å². The van der Waals surface area contributed by atoms with E-state index in [1.165, 1.54) is 14.2 Å². The number of hydrogen-bond donors (Lipinski definition) is 0. The van der Waals surface area contributed by atoms with Crippen LogP contribution in [0.5, 0.6) is 0 Å². The van der Waals surface area contributed by atoms with Crippen LogP contribution < -0.4 is 10.4 Å². The number of hydrogen-bond acceptors (Lipinski definition) is 4. The van der Waals surface area contributed by atoms with Crippen molar-refractivity contribution in [3.05, 3.63) is 71.1 Å². The van der Waals surface area contributed by atoms with E-state index >= 15 is 0 Å². The molecule has 0 aliphatic rings. The monoisotopic (exact) mass is 412 g/mol. The smallest absolute Gasteiger partial charge is 0.330 e. The Hall–Kier alpha value is -2.45. The van der Waals surface area contributed by atoms with E-state index < -0.39 is 28.1 Å². The second-order valence-corrected chi connectivity index (χ2v) is 16.4. The van der Waals surface area contributed by atoms with Crippen molar-refractivity contribution in [2.75, 3.05) is 14.2 Å². The van der Waals surface area contributed by atoms with Crippen LogP contribution in [0.4, 0.5) is 0 Å². The van der Waals surface area contributed by atoms with Gasteiger partial charge in [-0.1, -0.05) is 97.2 Å². The minimum atomic E-state index is -2.54. The zero-order chi connectivity index (χ0) is 20.9. The Labute approximate surface area is 169 Å². The quantitative estimate of drug-likeness (QED) is 0.416. The molecule has 4 nitrogen and oxygen atoms in total. The van der Waals surface area contributed by atoms with Gasteiger partial charge in [0.1, 0.15) is 16.1 Å². The fourth-order valence-corrected chi connectivity index (χ4v) is 10.7. The van der Waals surface area contributed by atoms with Gasteiger partial charge >= 0.3 is 11.9 Å². The molecule has 0 bridgehead atoms. The van der Waals surface area contributed by atoms with Crippen molar-refractivity contribution in [1.29, 1.82) is 0 Å². The Kier molecular flexibility index (Phi) is 6.79. The van der Waals surface area contributed by atoms with Crippen LogP contribution in [-0.4, -0.2) is 42.3 Å². The first-order valence-electron chi connectivity index (χ1n) is 9.20. The summed E-state index contributed by atoms with van der Waals surface area (Å²) < 4.78 is 10.4. The predicted molar refractivity (Wildman–Crippen MR) is 118 cm³/mol. The molecule has 2 rings (SSSR count). The van der Waals surface area contributed by atoms with Gasteiger partial charge in [-0.3, -0.25) is 0 Å². The SMILES string of the molecule is COC(=O)/C(=C(\C(=O)OC)[Si](C)(C)c1ccccc1)[Si](C)(C)c1ccccc1. The molecule has 0 aliphatic heterocycles. The molecular formula is C22H28O4Si2. The second kappa shape index (κ2) is 8.71. The summed E-state index contributed by atoms with van der Waals surface area (Å²) in [6.07, 6.45) is 0. The lowest BCUT2D eigenvalue weighted by Gasteiger charge is -2.33. The number of benzene rings is 2. The molecule has 0 fully saturated rings. The summed E-state index contributed by atoms with van der Waals surface area (Å²) in [6, 6.07) is 19.8. The van der Waals surface area contributed by atoms with Crippen LogP contribution in [-0.2, 0) is 19.1 Å². The van der Waals surface area contributed by atoms with Crippen molar-refractivity contribution in [3.63, 3.8) is 0 Å². The van der Waals surface area contributed by atoms with Gasteiger partial charge in [-0.2, -0.15) is 0 Å². The highest BCUT2D eigenvalue weighted by Crippen LogP contribution is 2.28. The van der Waals surface area contributed by atoms with Gasteiger partial charge < -0.3 is 9.47 Å². The molecule has 0 spiro atoms. The molecule has 0 N–H and O–H groups in total. The number of rotatable bonds is 6. The van der Waals surface area contributed by atoms with Gasteiger partial charge in [0.25, 0.3) is 0 Å². The molecule has 2 aromatic rings. The third-order valence-corrected chi connectivity index (χ3v) is 12.5. The molecule has 0 atom stereocenters.